The summed E-state index contributed by atoms with van der Waals surface area (Å²) in [7, 11) is 4.12. The quantitative estimate of drug-likeness (QED) is 0.759. The highest BCUT2D eigenvalue weighted by molar-refractivity contribution is 7.12. The highest BCUT2D eigenvalue weighted by atomic mass is 32.1. The van der Waals surface area contributed by atoms with E-state index in [1.807, 2.05) is 11.3 Å². The van der Waals surface area contributed by atoms with Crippen molar-refractivity contribution in [2.75, 3.05) is 27.2 Å². The minimum absolute atomic E-state index is 0.190. The van der Waals surface area contributed by atoms with Crippen LogP contribution in [0.5, 0.6) is 0 Å². The number of carbonyl (C=O) groups is 1. The van der Waals surface area contributed by atoms with Crippen molar-refractivity contribution in [2.24, 2.45) is 5.92 Å². The predicted octanol–water partition coefficient (Wildman–Crippen LogP) is 3.81. The van der Waals surface area contributed by atoms with Crippen LogP contribution in [0.2, 0.25) is 0 Å². The third-order valence-electron chi connectivity index (χ3n) is 4.29. The number of hydrogen-bond acceptors (Lipinski definition) is 4. The summed E-state index contributed by atoms with van der Waals surface area (Å²) in [5, 5.41) is 2.08. The number of thiophene rings is 2. The molecule has 0 spiro atoms. The lowest BCUT2D eigenvalue weighted by Crippen LogP contribution is -2.37. The summed E-state index contributed by atoms with van der Waals surface area (Å²) < 4.78 is 0. The number of carbonyl (C=O) groups excluding carboxylic acids is 1. The molecule has 1 amide bonds. The Morgan fingerprint density at radius 2 is 2.09 bits per heavy atom. The van der Waals surface area contributed by atoms with E-state index in [-0.39, 0.29) is 5.92 Å². The number of rotatable bonds is 7. The molecule has 0 aromatic carbocycles. The number of amides is 1. The van der Waals surface area contributed by atoms with Crippen LogP contribution in [0.25, 0.3) is 0 Å². The van der Waals surface area contributed by atoms with Crippen molar-refractivity contribution in [3.63, 3.8) is 0 Å². The Bertz CT molecular complexity index is 648. The summed E-state index contributed by atoms with van der Waals surface area (Å²) in [6, 6.07) is 8.53. The maximum atomic E-state index is 13.0. The van der Waals surface area contributed by atoms with Crippen molar-refractivity contribution in [3.05, 3.63) is 44.3 Å². The van der Waals surface area contributed by atoms with Gasteiger partial charge in [-0.3, -0.25) is 4.79 Å². The Labute approximate surface area is 146 Å². The Balaban J connectivity index is 1.65. The normalized spacial score (nSPS) is 20.0. The van der Waals surface area contributed by atoms with Gasteiger partial charge in [0.15, 0.2) is 0 Å². The summed E-state index contributed by atoms with van der Waals surface area (Å²) >= 11 is 3.57. The monoisotopic (exact) mass is 348 g/mol. The summed E-state index contributed by atoms with van der Waals surface area (Å²) in [6.45, 7) is 4.59. The lowest BCUT2D eigenvalue weighted by atomic mass is 10.2. The van der Waals surface area contributed by atoms with Crippen LogP contribution < -0.4 is 0 Å². The van der Waals surface area contributed by atoms with E-state index in [4.69, 9.17) is 0 Å². The Hall–Kier alpha value is -1.17. The minimum atomic E-state index is 0.190. The zero-order valence-electron chi connectivity index (χ0n) is 14.0. The average molecular weight is 349 g/mol. The molecular weight excluding hydrogens is 324 g/mol. The van der Waals surface area contributed by atoms with Crippen LogP contribution in [0.15, 0.2) is 29.6 Å². The first-order valence-corrected chi connectivity index (χ1v) is 9.76. The molecule has 2 atom stereocenters. The molecule has 1 aliphatic rings. The molecule has 1 fully saturated rings. The Morgan fingerprint density at radius 1 is 1.26 bits per heavy atom. The first-order chi connectivity index (χ1) is 11.0. The predicted molar refractivity (Wildman–Crippen MR) is 98.2 cm³/mol. The van der Waals surface area contributed by atoms with Gasteiger partial charge in [-0.2, -0.15) is 0 Å². The van der Waals surface area contributed by atoms with Crippen molar-refractivity contribution in [1.29, 1.82) is 0 Å². The molecule has 0 saturated heterocycles. The molecule has 0 N–H and O–H groups in total. The maximum absolute atomic E-state index is 13.0. The van der Waals surface area contributed by atoms with E-state index in [2.05, 4.69) is 60.5 Å². The number of hydrogen-bond donors (Lipinski definition) is 0. The number of nitrogens with zero attached hydrogens (tertiary/aromatic N) is 2. The molecule has 0 unspecified atom stereocenters. The largest absolute Gasteiger partial charge is 0.336 e. The average Bonchev–Trinajstić information content (AvgIpc) is 2.91. The summed E-state index contributed by atoms with van der Waals surface area (Å²) in [6.07, 6.45) is 1.02. The molecule has 5 heteroatoms. The van der Waals surface area contributed by atoms with E-state index in [1.54, 1.807) is 11.3 Å². The topological polar surface area (TPSA) is 23.6 Å². The van der Waals surface area contributed by atoms with Gasteiger partial charge in [0.1, 0.15) is 0 Å². The van der Waals surface area contributed by atoms with E-state index in [0.29, 0.717) is 11.8 Å². The van der Waals surface area contributed by atoms with Crippen molar-refractivity contribution in [3.8, 4) is 0 Å². The fourth-order valence-electron chi connectivity index (χ4n) is 2.85. The molecule has 2 aromatic heterocycles. The molecule has 3 nitrogen and oxygen atoms in total. The van der Waals surface area contributed by atoms with Gasteiger partial charge in [0.2, 0.25) is 5.91 Å². The second kappa shape index (κ2) is 7.16. The van der Waals surface area contributed by atoms with E-state index in [1.165, 1.54) is 14.6 Å². The molecule has 2 heterocycles. The summed E-state index contributed by atoms with van der Waals surface area (Å²) in [5.74, 6) is 0.970. The van der Waals surface area contributed by atoms with Gasteiger partial charge < -0.3 is 9.80 Å². The fourth-order valence-corrected chi connectivity index (χ4v) is 4.62. The van der Waals surface area contributed by atoms with Crippen LogP contribution in [0.4, 0.5) is 0 Å². The van der Waals surface area contributed by atoms with Crippen LogP contribution in [0, 0.1) is 12.8 Å². The van der Waals surface area contributed by atoms with Gasteiger partial charge in [-0.15, -0.1) is 22.7 Å². The van der Waals surface area contributed by atoms with Crippen molar-refractivity contribution < 1.29 is 4.79 Å². The minimum Gasteiger partial charge on any atom is -0.336 e. The van der Waals surface area contributed by atoms with Crippen LogP contribution in [-0.2, 0) is 11.3 Å². The smallest absolute Gasteiger partial charge is 0.226 e. The molecule has 1 saturated carbocycles. The van der Waals surface area contributed by atoms with Gasteiger partial charge in [-0.1, -0.05) is 6.07 Å². The van der Waals surface area contributed by atoms with Gasteiger partial charge >= 0.3 is 0 Å². The van der Waals surface area contributed by atoms with Crippen molar-refractivity contribution in [1.82, 2.24) is 9.80 Å². The zero-order valence-corrected chi connectivity index (χ0v) is 15.6. The lowest BCUT2D eigenvalue weighted by molar-refractivity contribution is -0.133. The van der Waals surface area contributed by atoms with Gasteiger partial charge in [-0.05, 0) is 51.0 Å². The highest BCUT2D eigenvalue weighted by Crippen LogP contribution is 2.50. The first kappa shape index (κ1) is 16.7. The van der Waals surface area contributed by atoms with Crippen LogP contribution >= 0.6 is 22.7 Å². The molecule has 0 aliphatic heterocycles. The molecular formula is C18H24N2OS2. The van der Waals surface area contributed by atoms with Crippen LogP contribution in [-0.4, -0.2) is 42.9 Å². The maximum Gasteiger partial charge on any atom is 0.226 e. The number of likely N-dealkylation sites (N-methyl/N-ethyl adjacent to an activating group) is 1. The molecule has 23 heavy (non-hydrogen) atoms. The third-order valence-corrected chi connectivity index (χ3v) is 6.28. The standard InChI is InChI=1S/C18H24N2OS2/c1-13-6-7-17(23-13)15-11-16(15)18(21)20(9-8-19(2)3)12-14-5-4-10-22-14/h4-7,10,15-16H,8-9,11-12H2,1-3H3/t15-,16+/m1/s1. The Kier molecular flexibility index (Phi) is 5.19. The van der Waals surface area contributed by atoms with Crippen molar-refractivity contribution >= 4 is 28.6 Å². The molecule has 3 rings (SSSR count). The zero-order chi connectivity index (χ0) is 16.4. The summed E-state index contributed by atoms with van der Waals surface area (Å²) in [4.78, 5) is 21.1. The molecule has 1 aliphatic carbocycles. The molecule has 124 valence electrons. The fraction of sp³-hybridized carbons (Fsp3) is 0.500. The van der Waals surface area contributed by atoms with Crippen molar-refractivity contribution in [2.45, 2.75) is 25.8 Å². The second-order valence-corrected chi connectivity index (χ2v) is 8.89. The lowest BCUT2D eigenvalue weighted by Gasteiger charge is -2.24. The van der Waals surface area contributed by atoms with Crippen LogP contribution in [0.1, 0.15) is 27.0 Å². The molecule has 2 aromatic rings. The first-order valence-electron chi connectivity index (χ1n) is 8.07. The van der Waals surface area contributed by atoms with E-state index >= 15 is 0 Å². The Morgan fingerprint density at radius 3 is 2.70 bits per heavy atom. The summed E-state index contributed by atoms with van der Waals surface area (Å²) in [5.41, 5.74) is 0. The molecule has 0 radical (unpaired) electrons. The van der Waals surface area contributed by atoms with E-state index in [9.17, 15) is 4.79 Å². The number of aryl methyl sites for hydroxylation is 1. The van der Waals surface area contributed by atoms with Gasteiger partial charge in [0, 0.05) is 39.6 Å². The van der Waals surface area contributed by atoms with Crippen LogP contribution in [0.3, 0.4) is 0 Å². The third kappa shape index (κ3) is 4.22. The molecule has 0 bridgehead atoms. The van der Waals surface area contributed by atoms with E-state index in [0.717, 1.165) is 26.1 Å². The van der Waals surface area contributed by atoms with Gasteiger partial charge in [0.05, 0.1) is 6.54 Å². The SMILES string of the molecule is Cc1ccc([C@@H]2C[C@@H]2C(=O)N(CCN(C)C)Cc2cccs2)s1. The second-order valence-electron chi connectivity index (χ2n) is 6.54. The van der Waals surface area contributed by atoms with Gasteiger partial charge in [0.25, 0.3) is 0 Å². The van der Waals surface area contributed by atoms with Gasteiger partial charge in [-0.25, -0.2) is 0 Å². The van der Waals surface area contributed by atoms with E-state index < -0.39 is 0 Å². The highest BCUT2D eigenvalue weighted by Gasteiger charge is 2.46.